The SMILES string of the molecule is O=C(O)[C@@H](Cc1cccc(CN2C[C@H](Oc3cccc(C[C@H](C(=O)O)[C@H]4CCNC4)c3)C[C@@H]2c2cccc(C[C@H](C(=O)O)[C@H]3CCNC3)c2)c1)[C@H]1CCNC1. The van der Waals surface area contributed by atoms with Crippen LogP contribution in [0.25, 0.3) is 0 Å². The molecule has 0 spiro atoms. The second-order valence-electron chi connectivity index (χ2n) is 16.3. The lowest BCUT2D eigenvalue weighted by molar-refractivity contribution is -0.144. The largest absolute Gasteiger partial charge is 0.489 e. The third kappa shape index (κ3) is 9.94. The highest BCUT2D eigenvalue weighted by Gasteiger charge is 2.37. The molecule has 4 aliphatic heterocycles. The minimum absolute atomic E-state index is 0.0100. The monoisotopic (exact) mass is 752 g/mol. The zero-order valence-electron chi connectivity index (χ0n) is 31.6. The lowest BCUT2D eigenvalue weighted by atomic mass is 9.85. The lowest BCUT2D eigenvalue weighted by Crippen LogP contribution is -2.28. The number of hydrogen-bond donors (Lipinski definition) is 6. The summed E-state index contributed by atoms with van der Waals surface area (Å²) in [5.41, 5.74) is 5.22. The molecular weight excluding hydrogens is 697 g/mol. The van der Waals surface area contributed by atoms with Crippen molar-refractivity contribution in [2.45, 2.75) is 63.6 Å². The van der Waals surface area contributed by atoms with Crippen LogP contribution in [0.5, 0.6) is 5.75 Å². The first-order valence-corrected chi connectivity index (χ1v) is 20.2. The number of rotatable bonds is 17. The van der Waals surface area contributed by atoms with Crippen LogP contribution < -0.4 is 20.7 Å². The van der Waals surface area contributed by atoms with Gasteiger partial charge in [-0.1, -0.05) is 60.7 Å². The summed E-state index contributed by atoms with van der Waals surface area (Å²) in [5, 5.41) is 40.2. The van der Waals surface area contributed by atoms with Gasteiger partial charge < -0.3 is 36.0 Å². The third-order valence-corrected chi connectivity index (χ3v) is 12.6. The molecule has 4 aliphatic rings. The molecule has 4 fully saturated rings. The second kappa shape index (κ2) is 18.1. The Bertz CT molecular complexity index is 1780. The second-order valence-corrected chi connectivity index (χ2v) is 16.3. The van der Waals surface area contributed by atoms with Gasteiger partial charge in [-0.25, -0.2) is 0 Å². The van der Waals surface area contributed by atoms with E-state index in [2.05, 4.69) is 45.1 Å². The molecule has 3 aromatic carbocycles. The molecule has 55 heavy (non-hydrogen) atoms. The molecule has 7 rings (SSSR count). The van der Waals surface area contributed by atoms with Crippen molar-refractivity contribution in [1.82, 2.24) is 20.9 Å². The zero-order chi connectivity index (χ0) is 38.3. The van der Waals surface area contributed by atoms with Crippen LogP contribution in [-0.4, -0.2) is 90.0 Å². The number of nitrogens with one attached hydrogen (secondary N) is 3. The average Bonchev–Trinajstić information content (AvgIpc) is 4.02. The summed E-state index contributed by atoms with van der Waals surface area (Å²) in [6, 6.07) is 24.6. The van der Waals surface area contributed by atoms with Crippen molar-refractivity contribution in [3.8, 4) is 5.75 Å². The Morgan fingerprint density at radius 1 is 0.636 bits per heavy atom. The van der Waals surface area contributed by atoms with Gasteiger partial charge in [0.15, 0.2) is 0 Å². The molecule has 0 amide bonds. The number of carbonyl (C=O) groups is 3. The summed E-state index contributed by atoms with van der Waals surface area (Å²) in [6.45, 7) is 6.05. The lowest BCUT2D eigenvalue weighted by Gasteiger charge is -2.26. The van der Waals surface area contributed by atoms with E-state index in [1.165, 1.54) is 0 Å². The van der Waals surface area contributed by atoms with Gasteiger partial charge in [-0.15, -0.1) is 0 Å². The number of ether oxygens (including phenoxy) is 1. The molecule has 0 aliphatic carbocycles. The van der Waals surface area contributed by atoms with Gasteiger partial charge in [0.25, 0.3) is 0 Å². The predicted molar refractivity (Wildman–Crippen MR) is 209 cm³/mol. The minimum atomic E-state index is -0.760. The van der Waals surface area contributed by atoms with Gasteiger partial charge in [0.2, 0.25) is 0 Å². The van der Waals surface area contributed by atoms with Gasteiger partial charge in [0.05, 0.1) is 17.8 Å². The summed E-state index contributed by atoms with van der Waals surface area (Å²) in [6.07, 6.45) is 4.62. The topological polar surface area (TPSA) is 160 Å². The van der Waals surface area contributed by atoms with Crippen LogP contribution in [0.15, 0.2) is 72.8 Å². The van der Waals surface area contributed by atoms with Crippen LogP contribution in [0.3, 0.4) is 0 Å². The summed E-state index contributed by atoms with van der Waals surface area (Å²) in [5.74, 6) is -2.53. The molecule has 6 N–H and O–H groups in total. The van der Waals surface area contributed by atoms with E-state index in [-0.39, 0.29) is 29.9 Å². The van der Waals surface area contributed by atoms with Crippen molar-refractivity contribution in [3.05, 3.63) is 101 Å². The quantitative estimate of drug-likeness (QED) is 0.114. The van der Waals surface area contributed by atoms with Gasteiger partial charge in [-0.3, -0.25) is 19.3 Å². The van der Waals surface area contributed by atoms with E-state index in [4.69, 9.17) is 4.74 Å². The van der Waals surface area contributed by atoms with Crippen molar-refractivity contribution in [2.75, 3.05) is 45.8 Å². The van der Waals surface area contributed by atoms with E-state index in [9.17, 15) is 29.7 Å². The zero-order valence-corrected chi connectivity index (χ0v) is 31.6. The van der Waals surface area contributed by atoms with Crippen LogP contribution in [0.1, 0.15) is 59.5 Å². The fourth-order valence-corrected chi connectivity index (χ4v) is 9.61. The maximum absolute atomic E-state index is 12.4. The number of carboxylic acid groups (broad SMARTS) is 3. The van der Waals surface area contributed by atoms with Crippen LogP contribution in [0.4, 0.5) is 0 Å². The van der Waals surface area contributed by atoms with Crippen molar-refractivity contribution >= 4 is 17.9 Å². The number of likely N-dealkylation sites (tertiary alicyclic amines) is 1. The first kappa shape index (κ1) is 39.0. The molecule has 0 saturated carbocycles. The molecule has 11 nitrogen and oxygen atoms in total. The number of nitrogens with zero attached hydrogens (tertiary/aromatic N) is 1. The van der Waals surface area contributed by atoms with Gasteiger partial charge in [-0.2, -0.15) is 0 Å². The molecule has 0 unspecified atom stereocenters. The molecule has 0 radical (unpaired) electrons. The number of aliphatic carboxylic acids is 3. The maximum Gasteiger partial charge on any atom is 0.307 e. The molecule has 8 atom stereocenters. The Hall–Kier alpha value is -4.29. The van der Waals surface area contributed by atoms with E-state index in [0.717, 1.165) is 98.5 Å². The summed E-state index contributed by atoms with van der Waals surface area (Å²) >= 11 is 0. The number of benzene rings is 3. The smallest absolute Gasteiger partial charge is 0.307 e. The predicted octanol–water partition coefficient (Wildman–Crippen LogP) is 4.64. The Morgan fingerprint density at radius 2 is 1.11 bits per heavy atom. The van der Waals surface area contributed by atoms with E-state index in [0.29, 0.717) is 32.4 Å². The van der Waals surface area contributed by atoms with Crippen molar-refractivity contribution in [1.29, 1.82) is 0 Å². The van der Waals surface area contributed by atoms with Crippen LogP contribution in [0.2, 0.25) is 0 Å². The van der Waals surface area contributed by atoms with E-state index < -0.39 is 35.7 Å². The van der Waals surface area contributed by atoms with Gasteiger partial charge >= 0.3 is 17.9 Å². The number of hydrogen-bond acceptors (Lipinski definition) is 8. The van der Waals surface area contributed by atoms with Crippen LogP contribution in [0, 0.1) is 35.5 Å². The van der Waals surface area contributed by atoms with Gasteiger partial charge in [0, 0.05) is 25.6 Å². The van der Waals surface area contributed by atoms with Crippen LogP contribution in [-0.2, 0) is 40.2 Å². The van der Waals surface area contributed by atoms with Crippen LogP contribution >= 0.6 is 0 Å². The maximum atomic E-state index is 12.4. The Labute approximate surface area is 323 Å². The summed E-state index contributed by atoms with van der Waals surface area (Å²) in [4.78, 5) is 39.3. The highest BCUT2D eigenvalue weighted by Crippen LogP contribution is 2.37. The third-order valence-electron chi connectivity index (χ3n) is 12.6. The molecule has 294 valence electrons. The van der Waals surface area contributed by atoms with Crippen molar-refractivity contribution in [3.63, 3.8) is 0 Å². The normalized spacial score (nSPS) is 25.8. The molecule has 3 aromatic rings. The summed E-state index contributed by atoms with van der Waals surface area (Å²) < 4.78 is 6.70. The highest BCUT2D eigenvalue weighted by atomic mass is 16.5. The minimum Gasteiger partial charge on any atom is -0.489 e. The first-order chi connectivity index (χ1) is 26.7. The van der Waals surface area contributed by atoms with E-state index in [1.54, 1.807) is 0 Å². The number of carboxylic acids is 3. The van der Waals surface area contributed by atoms with Gasteiger partial charge in [-0.05, 0) is 135 Å². The van der Waals surface area contributed by atoms with E-state index >= 15 is 0 Å². The standard InChI is InChI=1S/C44H56N4O7/c49-42(50)38(33-10-13-45-23-33)19-28-4-1-7-31(16-28)26-48-27-37(55-36-9-3-6-30(18-36)21-40(44(53)54)35-12-15-47-25-35)22-41(48)32-8-2-5-29(17-32)20-39(43(51)52)34-11-14-46-24-34/h1-9,16-18,33-35,37-41,45-47H,10-15,19-27H2,(H,49,50)(H,51,52)(H,53,54)/t33-,34-,35-,37+,38-,39-,40-,41+/m0/s1. The fourth-order valence-electron chi connectivity index (χ4n) is 9.61. The van der Waals surface area contributed by atoms with Crippen molar-refractivity contribution < 1.29 is 34.4 Å². The van der Waals surface area contributed by atoms with Gasteiger partial charge in [0.1, 0.15) is 11.9 Å². The fraction of sp³-hybridized carbons (Fsp3) is 0.523. The molecule has 4 saturated heterocycles. The molecular formula is C44H56N4O7. The van der Waals surface area contributed by atoms with Crippen molar-refractivity contribution in [2.24, 2.45) is 35.5 Å². The molecule has 11 heteroatoms. The molecule has 0 bridgehead atoms. The Balaban J connectivity index is 1.11. The highest BCUT2D eigenvalue weighted by molar-refractivity contribution is 5.72. The molecule has 0 aromatic heterocycles. The first-order valence-electron chi connectivity index (χ1n) is 20.2. The average molecular weight is 753 g/mol. The Morgan fingerprint density at radius 3 is 1.62 bits per heavy atom. The van der Waals surface area contributed by atoms with E-state index in [1.807, 2.05) is 48.5 Å². The molecule has 4 heterocycles. The summed E-state index contributed by atoms with van der Waals surface area (Å²) in [7, 11) is 0. The Kier molecular flexibility index (Phi) is 12.8.